The van der Waals surface area contributed by atoms with Gasteiger partial charge in [0.05, 0.1) is 25.7 Å². The van der Waals surface area contributed by atoms with E-state index in [1.54, 1.807) is 26.4 Å². The Labute approximate surface area is 238 Å². The Morgan fingerprint density at radius 3 is 1.67 bits per heavy atom. The summed E-state index contributed by atoms with van der Waals surface area (Å²) in [6, 6.07) is 30.6. The normalized spacial score (nSPS) is 9.72. The predicted molar refractivity (Wildman–Crippen MR) is 142 cm³/mol. The van der Waals surface area contributed by atoms with Crippen molar-refractivity contribution in [1.82, 2.24) is 0 Å². The van der Waals surface area contributed by atoms with Gasteiger partial charge in [-0.3, -0.25) is 0 Å². The van der Waals surface area contributed by atoms with Crippen LogP contribution in [-0.2, 0) is 19.2 Å². The first-order valence-electron chi connectivity index (χ1n) is 11.4. The average Bonchev–Trinajstić information content (AvgIpc) is 3.25. The zero-order valence-electron chi connectivity index (χ0n) is 21.0. The van der Waals surface area contributed by atoms with E-state index in [2.05, 4.69) is 63.4 Å². The van der Waals surface area contributed by atoms with Crippen LogP contribution in [0.15, 0.2) is 84.9 Å². The summed E-state index contributed by atoms with van der Waals surface area (Å²) >= 11 is 2.38. The number of benzene rings is 4. The van der Waals surface area contributed by atoms with Gasteiger partial charge < -0.3 is 39.4 Å². The van der Waals surface area contributed by atoms with Gasteiger partial charge in [-0.1, -0.05) is 54.6 Å². The molecule has 0 amide bonds. The minimum Gasteiger partial charge on any atom is -1.00 e. The number of hydrogen-bond acceptors (Lipinski definition) is 3. The molecular formula is C29H31Cl2O3SiTi-. The summed E-state index contributed by atoms with van der Waals surface area (Å²) in [4.78, 5) is 0. The number of rotatable bonds is 4. The molecule has 1 N–H and O–H groups in total. The molecule has 7 heteroatoms. The fourth-order valence-corrected chi connectivity index (χ4v) is 4.16. The molecule has 0 aliphatic carbocycles. The number of fused-ring (bicyclic) bond motifs is 4. The van der Waals surface area contributed by atoms with E-state index in [1.807, 2.05) is 42.5 Å². The first kappa shape index (κ1) is 32.0. The average molecular weight is 574 g/mol. The van der Waals surface area contributed by atoms with E-state index in [9.17, 15) is 0 Å². The topological polar surface area (TPSA) is 38.7 Å². The molecule has 0 aliphatic heterocycles. The van der Waals surface area contributed by atoms with E-state index in [0.717, 1.165) is 22.3 Å². The monoisotopic (exact) mass is 573 g/mol. The first-order valence-corrected chi connectivity index (χ1v) is 15.7. The summed E-state index contributed by atoms with van der Waals surface area (Å²) in [7, 11) is 3.37. The Morgan fingerprint density at radius 1 is 0.722 bits per heavy atom. The van der Waals surface area contributed by atoms with Crippen molar-refractivity contribution in [3.05, 3.63) is 84.9 Å². The van der Waals surface area contributed by atoms with Crippen molar-refractivity contribution in [2.75, 3.05) is 14.2 Å². The molecule has 0 unspecified atom stereocenters. The molecule has 0 bridgehead atoms. The molecule has 0 radical (unpaired) electrons. The van der Waals surface area contributed by atoms with Crippen molar-refractivity contribution >= 4 is 38.5 Å². The van der Waals surface area contributed by atoms with Crippen molar-refractivity contribution in [2.45, 2.75) is 25.9 Å². The Hall–Kier alpha value is -2.08. The Bertz CT molecular complexity index is 1340. The standard InChI is InChI=1S/C15H13O2.C10H8O.C4H10Si.2ClH.Ti/c1-16-12-3-5-14-10(8-12)7-11-9-13(17-2)4-6-15(11)14;11-10-6-5-8-3-1-2-4-9(8)7-10;1-3-5-4-2;;;/h3-9H,1-2H3;1-7,11H;3-4H2,1-2H3;2*1H;/q-1;;;;;+2/p-2. The molecule has 3 nitrogen and oxygen atoms in total. The van der Waals surface area contributed by atoms with Gasteiger partial charge in [0.25, 0.3) is 0 Å². The molecule has 0 aromatic heterocycles. The summed E-state index contributed by atoms with van der Waals surface area (Å²) in [5.41, 5.74) is 0. The molecular weight excluding hydrogens is 543 g/mol. The second-order valence-electron chi connectivity index (χ2n) is 7.89. The Morgan fingerprint density at radius 2 is 1.22 bits per heavy atom. The number of hydrogen-bond donors (Lipinski definition) is 1. The molecule has 0 heterocycles. The van der Waals surface area contributed by atoms with E-state index in [0.29, 0.717) is 5.75 Å². The summed E-state index contributed by atoms with van der Waals surface area (Å²) in [6.45, 7) is 4.55. The van der Waals surface area contributed by atoms with Crippen LogP contribution in [0.2, 0.25) is 12.1 Å². The summed E-state index contributed by atoms with van der Waals surface area (Å²) < 4.78 is 10.5. The number of halogens is 2. The maximum Gasteiger partial charge on any atom is 0.116 e. The van der Waals surface area contributed by atoms with Gasteiger partial charge in [0.15, 0.2) is 0 Å². The van der Waals surface area contributed by atoms with E-state index >= 15 is 0 Å². The van der Waals surface area contributed by atoms with Crippen LogP contribution in [-0.4, -0.2) is 25.5 Å². The number of ether oxygens (including phenoxy) is 2. The maximum absolute atomic E-state index is 9.13. The van der Waals surface area contributed by atoms with Gasteiger partial charge in [-0.05, 0) is 35.0 Å². The third-order valence-electron chi connectivity index (χ3n) is 5.71. The molecule has 5 aromatic rings. The van der Waals surface area contributed by atoms with Crippen LogP contribution < -0.4 is 34.3 Å². The van der Waals surface area contributed by atoms with Gasteiger partial charge in [-0.25, -0.2) is 0 Å². The van der Waals surface area contributed by atoms with Crippen LogP contribution in [0.5, 0.6) is 17.2 Å². The smallest absolute Gasteiger partial charge is 0.116 e. The predicted octanol–water partition coefficient (Wildman–Crippen LogP) is 1.85. The molecule has 0 aliphatic rings. The largest absolute Gasteiger partial charge is 1.00 e. The second kappa shape index (κ2) is 15.9. The van der Waals surface area contributed by atoms with Crippen LogP contribution in [0, 0.1) is 0 Å². The van der Waals surface area contributed by atoms with Gasteiger partial charge in [0.2, 0.25) is 0 Å². The van der Waals surface area contributed by atoms with Gasteiger partial charge in [-0.15, -0.1) is 27.6 Å². The fourth-order valence-electron chi connectivity index (χ4n) is 3.66. The minimum absolute atomic E-state index is 0. The molecule has 36 heavy (non-hydrogen) atoms. The van der Waals surface area contributed by atoms with Gasteiger partial charge in [0.1, 0.15) is 5.75 Å². The van der Waals surface area contributed by atoms with E-state index < -0.39 is 0 Å². The van der Waals surface area contributed by atoms with Crippen LogP contribution in [0.3, 0.4) is 0 Å². The number of phenols is 1. The maximum atomic E-state index is 9.13. The van der Waals surface area contributed by atoms with E-state index in [-0.39, 0.29) is 31.0 Å². The fraction of sp³-hybridized carbons (Fsp3) is 0.207. The molecule has 0 fully saturated rings. The van der Waals surface area contributed by atoms with Gasteiger partial charge in [-0.2, -0.15) is 0 Å². The number of phenolic OH excluding ortho intramolecular Hbond substituents is 1. The van der Waals surface area contributed by atoms with Crippen molar-refractivity contribution in [3.8, 4) is 17.2 Å². The Kier molecular flexibility index (Phi) is 14.1. The third kappa shape index (κ3) is 8.50. The second-order valence-corrected chi connectivity index (χ2v) is 13.8. The molecule has 5 rings (SSSR count). The van der Waals surface area contributed by atoms with Crippen LogP contribution >= 0.6 is 0 Å². The van der Waals surface area contributed by atoms with Crippen LogP contribution in [0.1, 0.15) is 13.8 Å². The van der Waals surface area contributed by atoms with Crippen molar-refractivity contribution in [2.24, 2.45) is 0 Å². The van der Waals surface area contributed by atoms with Crippen molar-refractivity contribution < 1.29 is 58.6 Å². The van der Waals surface area contributed by atoms with Crippen molar-refractivity contribution in [3.63, 3.8) is 0 Å². The zero-order valence-corrected chi connectivity index (χ0v) is 25.1. The molecule has 188 valence electrons. The molecule has 0 atom stereocenters. The van der Waals surface area contributed by atoms with Gasteiger partial charge in [0, 0.05) is 0 Å². The first-order chi connectivity index (χ1) is 16.5. The summed E-state index contributed by atoms with van der Waals surface area (Å²) in [6.07, 6.45) is 0.132. The minimum atomic E-state index is 0. The molecule has 0 saturated heterocycles. The van der Waals surface area contributed by atoms with E-state index in [4.69, 9.17) is 14.6 Å². The SMILES string of the molecule is CC[Si](=[Ti+2])CC.COc1ccc2c(c1)[cH-]c1cc(OC)ccc12.Oc1ccc2ccccc2c1.[Cl-].[Cl-]. The molecule has 0 spiro atoms. The quantitative estimate of drug-likeness (QED) is 0.263. The van der Waals surface area contributed by atoms with Gasteiger partial charge >= 0.3 is 51.3 Å². The number of methoxy groups -OCH3 is 2. The van der Waals surface area contributed by atoms with E-state index in [1.165, 1.54) is 33.6 Å². The molecule has 5 aromatic carbocycles. The summed E-state index contributed by atoms with van der Waals surface area (Å²) in [5.74, 6) is 2.10. The third-order valence-corrected chi connectivity index (χ3v) is 10.7. The van der Waals surface area contributed by atoms with Crippen LogP contribution in [0.25, 0.3) is 32.3 Å². The Balaban J connectivity index is 0.000000296. The summed E-state index contributed by atoms with van der Waals surface area (Å²) in [5, 5.41) is 16.3. The number of aromatic hydroxyl groups is 1. The molecule has 0 saturated carbocycles. The zero-order chi connectivity index (χ0) is 24.5. The van der Waals surface area contributed by atoms with Crippen LogP contribution in [0.4, 0.5) is 0 Å². The van der Waals surface area contributed by atoms with Crippen molar-refractivity contribution in [1.29, 1.82) is 0 Å².